The largest absolute Gasteiger partial charge is 0.334 e. The Morgan fingerprint density at radius 2 is 2.09 bits per heavy atom. The number of sulfone groups is 1. The predicted molar refractivity (Wildman–Crippen MR) is 80.9 cm³/mol. The van der Waals surface area contributed by atoms with Crippen molar-refractivity contribution in [2.75, 3.05) is 11.5 Å². The first-order valence-corrected chi connectivity index (χ1v) is 9.62. The van der Waals surface area contributed by atoms with E-state index in [9.17, 15) is 13.2 Å². The molecule has 0 N–H and O–H groups in total. The van der Waals surface area contributed by atoms with Crippen molar-refractivity contribution in [3.05, 3.63) is 12.2 Å². The molecule has 2 fully saturated rings. The summed E-state index contributed by atoms with van der Waals surface area (Å²) in [5, 5.41) is 16.3. The fourth-order valence-corrected chi connectivity index (χ4v) is 5.28. The summed E-state index contributed by atoms with van der Waals surface area (Å²) in [6.07, 6.45) is 5.80. The molecule has 1 atom stereocenters. The van der Waals surface area contributed by atoms with Crippen LogP contribution in [0.3, 0.4) is 0 Å². The van der Waals surface area contributed by atoms with Crippen molar-refractivity contribution < 1.29 is 13.2 Å². The zero-order chi connectivity index (χ0) is 16.4. The fourth-order valence-electron chi connectivity index (χ4n) is 3.57. The molecule has 1 amide bonds. The van der Waals surface area contributed by atoms with Gasteiger partial charge in [-0.05, 0) is 19.3 Å². The second-order valence-electron chi connectivity index (χ2n) is 6.19. The first-order chi connectivity index (χ1) is 11.0. The summed E-state index contributed by atoms with van der Waals surface area (Å²) < 4.78 is 25.0. The smallest absolute Gasteiger partial charge is 0.243 e. The molecule has 1 aliphatic heterocycles. The molecule has 3 rings (SSSR count). The molecule has 23 heavy (non-hydrogen) atoms. The van der Waals surface area contributed by atoms with Crippen LogP contribution in [0, 0.1) is 11.3 Å². The van der Waals surface area contributed by atoms with E-state index >= 15 is 0 Å². The summed E-state index contributed by atoms with van der Waals surface area (Å²) in [6.45, 7) is -0.0249. The van der Waals surface area contributed by atoms with E-state index in [-0.39, 0.29) is 41.9 Å². The summed E-state index contributed by atoms with van der Waals surface area (Å²) in [7, 11) is -3.06. The van der Waals surface area contributed by atoms with Gasteiger partial charge in [-0.25, -0.2) is 8.42 Å². The van der Waals surface area contributed by atoms with Crippen LogP contribution in [0.5, 0.6) is 0 Å². The average Bonchev–Trinajstić information content (AvgIpc) is 3.21. The van der Waals surface area contributed by atoms with Crippen molar-refractivity contribution in [2.24, 2.45) is 0 Å². The summed E-state index contributed by atoms with van der Waals surface area (Å²) in [5.74, 6) is 0.117. The number of rotatable bonds is 4. The van der Waals surface area contributed by atoms with Gasteiger partial charge in [-0.2, -0.15) is 5.26 Å². The van der Waals surface area contributed by atoms with Gasteiger partial charge in [0.1, 0.15) is 18.9 Å². The van der Waals surface area contributed by atoms with Crippen LogP contribution >= 0.6 is 0 Å². The maximum atomic E-state index is 12.8. The van der Waals surface area contributed by atoms with Crippen LogP contribution in [-0.2, 0) is 21.2 Å². The molecule has 2 aliphatic rings. The van der Waals surface area contributed by atoms with Crippen LogP contribution in [0.25, 0.3) is 0 Å². The van der Waals surface area contributed by atoms with Gasteiger partial charge in [-0.3, -0.25) is 9.36 Å². The Bertz CT molecular complexity index is 730. The number of hydrogen-bond donors (Lipinski definition) is 0. The zero-order valence-electron chi connectivity index (χ0n) is 12.8. The molecule has 0 radical (unpaired) electrons. The molecule has 0 aromatic carbocycles. The van der Waals surface area contributed by atoms with E-state index in [0.29, 0.717) is 6.42 Å². The lowest BCUT2D eigenvalue weighted by molar-refractivity contribution is -0.136. The molecule has 0 bridgehead atoms. The van der Waals surface area contributed by atoms with Gasteiger partial charge in [0.05, 0.1) is 11.5 Å². The molecule has 1 aromatic heterocycles. The molecular weight excluding hydrogens is 318 g/mol. The van der Waals surface area contributed by atoms with Gasteiger partial charge in [0.2, 0.25) is 11.7 Å². The van der Waals surface area contributed by atoms with E-state index in [1.165, 1.54) is 10.9 Å². The molecule has 2 heterocycles. The third-order valence-corrected chi connectivity index (χ3v) is 6.38. The van der Waals surface area contributed by atoms with Gasteiger partial charge in [0.25, 0.3) is 0 Å². The van der Waals surface area contributed by atoms with Gasteiger partial charge in [0.15, 0.2) is 9.84 Å². The number of nitrogens with zero attached hydrogens (tertiary/aromatic N) is 5. The second-order valence-corrected chi connectivity index (χ2v) is 8.42. The van der Waals surface area contributed by atoms with Crippen molar-refractivity contribution >= 4 is 15.7 Å². The van der Waals surface area contributed by atoms with E-state index < -0.39 is 9.84 Å². The molecule has 1 saturated heterocycles. The van der Waals surface area contributed by atoms with E-state index in [2.05, 4.69) is 10.2 Å². The minimum Gasteiger partial charge on any atom is -0.334 e. The summed E-state index contributed by atoms with van der Waals surface area (Å²) in [5.41, 5.74) is 0. The quantitative estimate of drug-likeness (QED) is 0.771. The topological polar surface area (TPSA) is 109 Å². The van der Waals surface area contributed by atoms with Gasteiger partial charge in [-0.1, -0.05) is 12.8 Å². The first-order valence-electron chi connectivity index (χ1n) is 7.79. The number of carbonyl (C=O) groups excluding carboxylic acids is 1. The average molecular weight is 337 g/mol. The predicted octanol–water partition coefficient (Wildman–Crippen LogP) is 0.108. The Hall–Kier alpha value is -1.95. The lowest BCUT2D eigenvalue weighted by Crippen LogP contribution is -2.48. The minimum absolute atomic E-state index is 0.0249. The van der Waals surface area contributed by atoms with Crippen LogP contribution in [0.15, 0.2) is 6.33 Å². The molecule has 0 spiro atoms. The lowest BCUT2D eigenvalue weighted by atomic mass is 10.1. The molecular formula is C14H19N5O3S. The second kappa shape index (κ2) is 6.28. The molecule has 124 valence electrons. The normalized spacial score (nSPS) is 23.7. The Balaban J connectivity index is 1.80. The number of carbonyl (C=O) groups is 1. The summed E-state index contributed by atoms with van der Waals surface area (Å²) >= 11 is 0. The van der Waals surface area contributed by atoms with Crippen LogP contribution in [0.4, 0.5) is 0 Å². The van der Waals surface area contributed by atoms with Crippen molar-refractivity contribution in [1.82, 2.24) is 19.7 Å². The Kier molecular flexibility index (Phi) is 4.35. The van der Waals surface area contributed by atoms with E-state index in [0.717, 1.165) is 25.7 Å². The van der Waals surface area contributed by atoms with Crippen LogP contribution in [0.2, 0.25) is 0 Å². The number of amides is 1. The molecule has 1 saturated carbocycles. The maximum absolute atomic E-state index is 12.8. The molecule has 1 unspecified atom stereocenters. The third-order valence-electron chi connectivity index (χ3n) is 4.63. The number of aromatic nitrogens is 3. The number of nitriles is 1. The van der Waals surface area contributed by atoms with Gasteiger partial charge in [0, 0.05) is 12.1 Å². The van der Waals surface area contributed by atoms with E-state index in [1.54, 1.807) is 4.90 Å². The Morgan fingerprint density at radius 1 is 1.35 bits per heavy atom. The number of hydrogen-bond acceptors (Lipinski definition) is 6. The van der Waals surface area contributed by atoms with E-state index in [1.807, 2.05) is 6.07 Å². The van der Waals surface area contributed by atoms with Crippen LogP contribution in [0.1, 0.15) is 37.9 Å². The molecule has 1 aromatic rings. The van der Waals surface area contributed by atoms with Crippen molar-refractivity contribution in [1.29, 1.82) is 5.26 Å². The highest BCUT2D eigenvalue weighted by Crippen LogP contribution is 2.29. The SMILES string of the molecule is N#Cc1nncn1CC(=O)N(C1CCCC1)C1CCS(=O)(=O)C1. The monoisotopic (exact) mass is 337 g/mol. The van der Waals surface area contributed by atoms with Gasteiger partial charge >= 0.3 is 0 Å². The lowest BCUT2D eigenvalue weighted by Gasteiger charge is -2.34. The highest BCUT2D eigenvalue weighted by atomic mass is 32.2. The third kappa shape index (κ3) is 3.37. The zero-order valence-corrected chi connectivity index (χ0v) is 13.6. The van der Waals surface area contributed by atoms with Crippen LogP contribution < -0.4 is 0 Å². The first kappa shape index (κ1) is 15.9. The molecule has 8 nitrogen and oxygen atoms in total. The minimum atomic E-state index is -3.06. The fraction of sp³-hybridized carbons (Fsp3) is 0.714. The van der Waals surface area contributed by atoms with Gasteiger partial charge < -0.3 is 4.90 Å². The van der Waals surface area contributed by atoms with Gasteiger partial charge in [-0.15, -0.1) is 10.2 Å². The Morgan fingerprint density at radius 3 is 2.70 bits per heavy atom. The summed E-state index contributed by atoms with van der Waals surface area (Å²) in [4.78, 5) is 14.6. The molecule has 1 aliphatic carbocycles. The van der Waals surface area contributed by atoms with Crippen LogP contribution in [-0.4, -0.2) is 57.6 Å². The van der Waals surface area contributed by atoms with Crippen molar-refractivity contribution in [3.63, 3.8) is 0 Å². The standard InChI is InChI=1S/C14H19N5O3S/c15-7-13-17-16-10-18(13)8-14(20)19(11-3-1-2-4-11)12-5-6-23(21,22)9-12/h10-12H,1-6,8-9H2. The summed E-state index contributed by atoms with van der Waals surface area (Å²) in [6, 6.07) is 1.74. The van der Waals surface area contributed by atoms with Crippen molar-refractivity contribution in [3.8, 4) is 6.07 Å². The van der Waals surface area contributed by atoms with Crippen molar-refractivity contribution in [2.45, 2.75) is 50.7 Å². The molecule has 9 heteroatoms. The van der Waals surface area contributed by atoms with E-state index in [4.69, 9.17) is 5.26 Å². The Labute approximate surface area is 135 Å². The highest BCUT2D eigenvalue weighted by molar-refractivity contribution is 7.91. The highest BCUT2D eigenvalue weighted by Gasteiger charge is 2.39. The maximum Gasteiger partial charge on any atom is 0.243 e.